The van der Waals surface area contributed by atoms with Crippen LogP contribution in [0.1, 0.15) is 24.0 Å². The molecule has 0 spiro atoms. The zero-order valence-electron chi connectivity index (χ0n) is 10.9. The second kappa shape index (κ2) is 5.90. The van der Waals surface area contributed by atoms with Gasteiger partial charge >= 0.3 is 5.97 Å². The number of rotatable bonds is 6. The highest BCUT2D eigenvalue weighted by molar-refractivity contribution is 7.89. The Kier molecular flexibility index (Phi) is 4.42. The highest BCUT2D eigenvalue weighted by atomic mass is 32.2. The highest BCUT2D eigenvalue weighted by Crippen LogP contribution is 2.24. The Morgan fingerprint density at radius 2 is 2.00 bits per heavy atom. The van der Waals surface area contributed by atoms with E-state index in [1.54, 1.807) is 12.1 Å². The van der Waals surface area contributed by atoms with E-state index in [2.05, 4.69) is 4.72 Å². The third-order valence-electron chi connectivity index (χ3n) is 3.38. The monoisotopic (exact) mass is 299 g/mol. The van der Waals surface area contributed by atoms with Crippen LogP contribution in [-0.2, 0) is 27.7 Å². The summed E-state index contributed by atoms with van der Waals surface area (Å²) in [5.74, 6) is -1.36. The van der Waals surface area contributed by atoms with Crippen LogP contribution < -0.4 is 4.72 Å². The minimum Gasteiger partial charge on any atom is -0.479 e. The van der Waals surface area contributed by atoms with E-state index in [1.165, 1.54) is 5.56 Å². The van der Waals surface area contributed by atoms with Crippen LogP contribution >= 0.6 is 0 Å². The maximum atomic E-state index is 12.0. The summed E-state index contributed by atoms with van der Waals surface area (Å²) in [4.78, 5) is 10.6. The minimum absolute atomic E-state index is 0.118. The molecule has 0 aromatic heterocycles. The third kappa shape index (κ3) is 3.36. The van der Waals surface area contributed by atoms with Crippen molar-refractivity contribution >= 4 is 16.0 Å². The summed E-state index contributed by atoms with van der Waals surface area (Å²) in [5.41, 5.74) is 2.24. The van der Waals surface area contributed by atoms with Crippen LogP contribution in [0.5, 0.6) is 0 Å². The molecule has 1 unspecified atom stereocenters. The number of hydrogen-bond acceptors (Lipinski definition) is 4. The fraction of sp³-hybridized carbons (Fsp3) is 0.462. The number of aliphatic hydroxyl groups excluding tert-OH is 1. The Bertz CT molecular complexity index is 611. The van der Waals surface area contributed by atoms with Gasteiger partial charge in [-0.1, -0.05) is 6.07 Å². The van der Waals surface area contributed by atoms with Crippen molar-refractivity contribution in [2.75, 3.05) is 6.54 Å². The van der Waals surface area contributed by atoms with Crippen molar-refractivity contribution in [3.8, 4) is 0 Å². The molecular weight excluding hydrogens is 282 g/mol. The summed E-state index contributed by atoms with van der Waals surface area (Å²) >= 11 is 0. The van der Waals surface area contributed by atoms with Crippen LogP contribution in [0, 0.1) is 0 Å². The lowest BCUT2D eigenvalue weighted by Gasteiger charge is -2.09. The van der Waals surface area contributed by atoms with Crippen molar-refractivity contribution in [3.05, 3.63) is 29.3 Å². The van der Waals surface area contributed by atoms with Crippen LogP contribution in [0.2, 0.25) is 0 Å². The van der Waals surface area contributed by atoms with Crippen LogP contribution in [0.15, 0.2) is 23.1 Å². The SMILES string of the molecule is O=C(O)C(O)CCNS(=O)(=O)c1ccc2c(c1)CCC2. The average molecular weight is 299 g/mol. The van der Waals surface area contributed by atoms with Gasteiger partial charge in [-0.25, -0.2) is 17.9 Å². The molecule has 20 heavy (non-hydrogen) atoms. The van der Waals surface area contributed by atoms with Crippen molar-refractivity contribution < 1.29 is 23.4 Å². The van der Waals surface area contributed by atoms with E-state index in [9.17, 15) is 13.2 Å². The molecule has 0 heterocycles. The number of aryl methyl sites for hydroxylation is 2. The number of hydrogen-bond donors (Lipinski definition) is 3. The molecule has 1 aliphatic rings. The van der Waals surface area contributed by atoms with E-state index in [0.29, 0.717) is 0 Å². The Morgan fingerprint density at radius 1 is 1.30 bits per heavy atom. The lowest BCUT2D eigenvalue weighted by atomic mass is 10.1. The second-order valence-corrected chi connectivity index (χ2v) is 6.59. The molecule has 7 heteroatoms. The summed E-state index contributed by atoms with van der Waals surface area (Å²) < 4.78 is 26.4. The number of sulfonamides is 1. The predicted octanol–water partition coefficient (Wildman–Crippen LogP) is 0.289. The summed E-state index contributed by atoms with van der Waals surface area (Å²) in [7, 11) is -3.66. The van der Waals surface area contributed by atoms with Gasteiger partial charge in [-0.3, -0.25) is 0 Å². The Balaban J connectivity index is 2.02. The summed E-state index contributed by atoms with van der Waals surface area (Å²) in [6, 6.07) is 5.04. The molecule has 0 fully saturated rings. The molecule has 1 atom stereocenters. The molecule has 3 N–H and O–H groups in total. The average Bonchev–Trinajstić information content (AvgIpc) is 2.85. The number of benzene rings is 1. The quantitative estimate of drug-likeness (QED) is 0.700. The third-order valence-corrected chi connectivity index (χ3v) is 4.83. The molecule has 2 rings (SSSR count). The molecule has 0 radical (unpaired) electrons. The topological polar surface area (TPSA) is 104 Å². The van der Waals surface area contributed by atoms with Gasteiger partial charge in [-0.2, -0.15) is 0 Å². The van der Waals surface area contributed by atoms with Gasteiger partial charge in [0, 0.05) is 6.54 Å². The van der Waals surface area contributed by atoms with Crippen molar-refractivity contribution in [2.45, 2.75) is 36.7 Å². The van der Waals surface area contributed by atoms with Crippen LogP contribution in [0.3, 0.4) is 0 Å². The zero-order valence-corrected chi connectivity index (χ0v) is 11.7. The molecule has 1 aromatic carbocycles. The Hall–Kier alpha value is -1.44. The molecule has 1 aromatic rings. The summed E-state index contributed by atoms with van der Waals surface area (Å²) in [5, 5.41) is 17.6. The number of fused-ring (bicyclic) bond motifs is 1. The lowest BCUT2D eigenvalue weighted by Crippen LogP contribution is -2.30. The maximum Gasteiger partial charge on any atom is 0.332 e. The van der Waals surface area contributed by atoms with E-state index in [4.69, 9.17) is 10.2 Å². The fourth-order valence-corrected chi connectivity index (χ4v) is 3.35. The van der Waals surface area contributed by atoms with Crippen molar-refractivity contribution in [3.63, 3.8) is 0 Å². The van der Waals surface area contributed by atoms with Gasteiger partial charge in [0.2, 0.25) is 10.0 Å². The fourth-order valence-electron chi connectivity index (χ4n) is 2.25. The van der Waals surface area contributed by atoms with Crippen LogP contribution in [0.25, 0.3) is 0 Å². The Morgan fingerprint density at radius 3 is 2.70 bits per heavy atom. The van der Waals surface area contributed by atoms with Gasteiger partial charge in [0.05, 0.1) is 4.90 Å². The molecule has 1 aliphatic carbocycles. The van der Waals surface area contributed by atoms with Crippen LogP contribution in [-0.4, -0.2) is 37.2 Å². The highest BCUT2D eigenvalue weighted by Gasteiger charge is 2.19. The van der Waals surface area contributed by atoms with E-state index in [1.807, 2.05) is 6.07 Å². The molecule has 0 amide bonds. The van der Waals surface area contributed by atoms with E-state index >= 15 is 0 Å². The molecule has 0 saturated carbocycles. The van der Waals surface area contributed by atoms with E-state index in [-0.39, 0.29) is 17.9 Å². The van der Waals surface area contributed by atoms with Crippen LogP contribution in [0.4, 0.5) is 0 Å². The molecule has 0 bridgehead atoms. The van der Waals surface area contributed by atoms with E-state index < -0.39 is 22.1 Å². The molecule has 0 aliphatic heterocycles. The van der Waals surface area contributed by atoms with Gasteiger partial charge in [-0.15, -0.1) is 0 Å². The van der Waals surface area contributed by atoms with Gasteiger partial charge in [0.1, 0.15) is 0 Å². The molecule has 110 valence electrons. The standard InChI is InChI=1S/C13H17NO5S/c15-12(13(16)17)6-7-14-20(18,19)11-5-4-9-2-1-3-10(9)8-11/h4-5,8,12,14-15H,1-3,6-7H2,(H,16,17). The first kappa shape index (κ1) is 15.0. The minimum atomic E-state index is -3.66. The first-order valence-corrected chi connectivity index (χ1v) is 7.91. The summed E-state index contributed by atoms with van der Waals surface area (Å²) in [6.07, 6.45) is 1.18. The second-order valence-electron chi connectivity index (χ2n) is 4.82. The number of carboxylic acids is 1. The normalized spacial score (nSPS) is 15.8. The number of aliphatic carboxylic acids is 1. The maximum absolute atomic E-state index is 12.0. The first-order valence-electron chi connectivity index (χ1n) is 6.42. The van der Waals surface area contributed by atoms with Crippen molar-refractivity contribution in [2.24, 2.45) is 0 Å². The summed E-state index contributed by atoms with van der Waals surface area (Å²) in [6.45, 7) is -0.118. The number of carboxylic acid groups (broad SMARTS) is 1. The van der Waals surface area contributed by atoms with Crippen molar-refractivity contribution in [1.82, 2.24) is 4.72 Å². The lowest BCUT2D eigenvalue weighted by molar-refractivity contribution is -0.146. The predicted molar refractivity (Wildman–Crippen MR) is 71.9 cm³/mol. The van der Waals surface area contributed by atoms with Gasteiger partial charge in [-0.05, 0) is 48.9 Å². The number of carbonyl (C=O) groups is 1. The Labute approximate surface area is 117 Å². The van der Waals surface area contributed by atoms with Crippen molar-refractivity contribution in [1.29, 1.82) is 0 Å². The molecule has 6 nitrogen and oxygen atoms in total. The first-order chi connectivity index (χ1) is 9.40. The number of aliphatic hydroxyl groups is 1. The number of nitrogens with one attached hydrogen (secondary N) is 1. The van der Waals surface area contributed by atoms with Gasteiger partial charge in [0.25, 0.3) is 0 Å². The van der Waals surface area contributed by atoms with E-state index in [0.717, 1.165) is 24.8 Å². The van der Waals surface area contributed by atoms with Gasteiger partial charge in [0.15, 0.2) is 6.10 Å². The largest absolute Gasteiger partial charge is 0.479 e. The molecular formula is C13H17NO5S. The van der Waals surface area contributed by atoms with Gasteiger partial charge < -0.3 is 10.2 Å². The smallest absolute Gasteiger partial charge is 0.332 e. The molecule has 0 saturated heterocycles. The zero-order chi connectivity index (χ0) is 14.8.